The van der Waals surface area contributed by atoms with Crippen molar-refractivity contribution in [3.05, 3.63) is 65.6 Å². The molecule has 3 rings (SSSR count). The van der Waals surface area contributed by atoms with Crippen molar-refractivity contribution in [2.24, 2.45) is 0 Å². The van der Waals surface area contributed by atoms with Gasteiger partial charge in [-0.3, -0.25) is 0 Å². The van der Waals surface area contributed by atoms with E-state index in [1.807, 2.05) is 32.0 Å². The Morgan fingerprint density at radius 1 is 1.10 bits per heavy atom. The van der Waals surface area contributed by atoms with E-state index in [0.29, 0.717) is 25.0 Å². The first-order valence-corrected chi connectivity index (χ1v) is 10.4. The van der Waals surface area contributed by atoms with E-state index < -0.39 is 11.0 Å². The van der Waals surface area contributed by atoms with Gasteiger partial charge in [-0.15, -0.1) is 0 Å². The Kier molecular flexibility index (Phi) is 6.33. The summed E-state index contributed by atoms with van der Waals surface area (Å²) in [5, 5.41) is 12.8. The second-order valence-electron chi connectivity index (χ2n) is 8.79. The van der Waals surface area contributed by atoms with Crippen LogP contribution in [-0.2, 0) is 11.8 Å². The van der Waals surface area contributed by atoms with E-state index in [-0.39, 0.29) is 5.82 Å². The Balaban J connectivity index is 1.91. The Labute approximate surface area is 172 Å². The van der Waals surface area contributed by atoms with Crippen LogP contribution < -0.4 is 4.74 Å². The van der Waals surface area contributed by atoms with E-state index >= 15 is 0 Å². The van der Waals surface area contributed by atoms with Crippen LogP contribution in [-0.4, -0.2) is 22.8 Å². The molecule has 0 aliphatic rings. The van der Waals surface area contributed by atoms with Crippen molar-refractivity contribution in [2.45, 2.75) is 63.9 Å². The number of aromatic nitrogens is 1. The Morgan fingerprint density at radius 2 is 1.86 bits per heavy atom. The van der Waals surface area contributed by atoms with Crippen LogP contribution in [0.3, 0.4) is 0 Å². The summed E-state index contributed by atoms with van der Waals surface area (Å²) in [5.74, 6) is 0.362. The zero-order chi connectivity index (χ0) is 21.1. The van der Waals surface area contributed by atoms with Gasteiger partial charge in [0.15, 0.2) is 0 Å². The van der Waals surface area contributed by atoms with Gasteiger partial charge in [-0.1, -0.05) is 51.8 Å². The molecule has 0 fully saturated rings. The van der Waals surface area contributed by atoms with Gasteiger partial charge in [-0.25, -0.2) is 4.39 Å². The van der Waals surface area contributed by atoms with Crippen LogP contribution >= 0.6 is 0 Å². The number of nitrogens with one attached hydrogen (secondary N) is 1. The second kappa shape index (κ2) is 8.58. The molecule has 0 aliphatic heterocycles. The fraction of sp³-hybridized carbons (Fsp3) is 0.440. The molecule has 0 bridgehead atoms. The first-order chi connectivity index (χ1) is 13.8. The van der Waals surface area contributed by atoms with Crippen LogP contribution in [0, 0.1) is 5.82 Å². The number of hydrogen-bond donors (Lipinski definition) is 2. The zero-order valence-electron chi connectivity index (χ0n) is 17.9. The second-order valence-corrected chi connectivity index (χ2v) is 8.79. The number of rotatable bonds is 9. The van der Waals surface area contributed by atoms with Gasteiger partial charge in [0.05, 0.1) is 12.7 Å². The topological polar surface area (TPSA) is 45.2 Å². The molecule has 1 heterocycles. The molecule has 29 heavy (non-hydrogen) atoms. The van der Waals surface area contributed by atoms with Crippen LogP contribution in [0.2, 0.25) is 0 Å². The van der Waals surface area contributed by atoms with Crippen molar-refractivity contribution in [2.75, 3.05) is 7.11 Å². The van der Waals surface area contributed by atoms with Gasteiger partial charge >= 0.3 is 0 Å². The summed E-state index contributed by atoms with van der Waals surface area (Å²) in [5.41, 5.74) is 1.52. The van der Waals surface area contributed by atoms with Gasteiger partial charge in [0.25, 0.3) is 0 Å². The monoisotopic (exact) mass is 397 g/mol. The standard InChI is InChI=1S/C25H32FNO2/c1-5-6-13-25(28,16-20-14-18-9-7-8-10-22(18)27-20)17-24(2,3)21-15-19(26)11-12-23(21)29-4/h7-12,14-15,27-28H,5-6,13,16-17H2,1-4H3. The van der Waals surface area contributed by atoms with Crippen LogP contribution in [0.15, 0.2) is 48.5 Å². The molecule has 1 atom stereocenters. The number of benzene rings is 2. The third kappa shape index (κ3) is 4.99. The summed E-state index contributed by atoms with van der Waals surface area (Å²) < 4.78 is 19.5. The lowest BCUT2D eigenvalue weighted by Gasteiger charge is -2.37. The summed E-state index contributed by atoms with van der Waals surface area (Å²) >= 11 is 0. The lowest BCUT2D eigenvalue weighted by Crippen LogP contribution is -2.39. The fourth-order valence-corrected chi connectivity index (χ4v) is 4.46. The molecule has 0 saturated heterocycles. The quantitative estimate of drug-likeness (QED) is 0.455. The van der Waals surface area contributed by atoms with E-state index in [0.717, 1.165) is 35.0 Å². The predicted octanol–water partition coefficient (Wildman–Crippen LogP) is 6.15. The van der Waals surface area contributed by atoms with E-state index in [9.17, 15) is 9.50 Å². The predicted molar refractivity (Wildman–Crippen MR) is 117 cm³/mol. The van der Waals surface area contributed by atoms with E-state index in [1.165, 1.54) is 12.1 Å². The summed E-state index contributed by atoms with van der Waals surface area (Å²) in [6.45, 7) is 6.23. The largest absolute Gasteiger partial charge is 0.496 e. The summed E-state index contributed by atoms with van der Waals surface area (Å²) in [6.07, 6.45) is 3.68. The average molecular weight is 398 g/mol. The molecule has 2 aromatic carbocycles. The van der Waals surface area contributed by atoms with Gasteiger partial charge in [-0.2, -0.15) is 0 Å². The molecule has 3 aromatic rings. The van der Waals surface area contributed by atoms with Crippen molar-refractivity contribution >= 4 is 10.9 Å². The van der Waals surface area contributed by atoms with Crippen molar-refractivity contribution < 1.29 is 14.2 Å². The summed E-state index contributed by atoms with van der Waals surface area (Å²) in [6, 6.07) is 14.9. The molecule has 156 valence electrons. The molecule has 0 spiro atoms. The Morgan fingerprint density at radius 3 is 2.55 bits per heavy atom. The minimum atomic E-state index is -0.905. The van der Waals surface area contributed by atoms with Crippen molar-refractivity contribution in [1.82, 2.24) is 4.98 Å². The maximum atomic E-state index is 14.0. The Bertz CT molecular complexity index is 929. The number of fused-ring (bicyclic) bond motifs is 1. The molecule has 4 heteroatoms. The van der Waals surface area contributed by atoms with Crippen molar-refractivity contribution in [3.8, 4) is 5.75 Å². The zero-order valence-corrected chi connectivity index (χ0v) is 17.9. The number of methoxy groups -OCH3 is 1. The first kappa shape index (κ1) is 21.4. The number of para-hydroxylation sites is 1. The van der Waals surface area contributed by atoms with E-state index in [1.54, 1.807) is 13.2 Å². The highest BCUT2D eigenvalue weighted by Crippen LogP contribution is 2.40. The average Bonchev–Trinajstić information content (AvgIpc) is 3.07. The first-order valence-electron chi connectivity index (χ1n) is 10.4. The highest BCUT2D eigenvalue weighted by Gasteiger charge is 2.37. The SMILES string of the molecule is CCCCC(O)(Cc1cc2ccccc2[nH]1)CC(C)(C)c1cc(F)ccc1OC. The third-order valence-electron chi connectivity index (χ3n) is 5.76. The van der Waals surface area contributed by atoms with Gasteiger partial charge in [-0.05, 0) is 54.0 Å². The smallest absolute Gasteiger partial charge is 0.123 e. The molecule has 0 amide bonds. The number of ether oxygens (including phenoxy) is 1. The minimum absolute atomic E-state index is 0.290. The van der Waals surface area contributed by atoms with Crippen LogP contribution in [0.25, 0.3) is 10.9 Å². The van der Waals surface area contributed by atoms with E-state index in [2.05, 4.69) is 24.0 Å². The maximum Gasteiger partial charge on any atom is 0.123 e. The highest BCUT2D eigenvalue weighted by molar-refractivity contribution is 5.80. The minimum Gasteiger partial charge on any atom is -0.496 e. The molecular formula is C25H32FNO2. The number of unbranched alkanes of at least 4 members (excludes halogenated alkanes) is 1. The lowest BCUT2D eigenvalue weighted by molar-refractivity contribution is 0.00227. The number of aromatic amines is 1. The van der Waals surface area contributed by atoms with E-state index in [4.69, 9.17) is 4.74 Å². The normalized spacial score (nSPS) is 14.1. The molecule has 0 aliphatic carbocycles. The number of aliphatic hydroxyl groups is 1. The molecule has 2 N–H and O–H groups in total. The molecule has 1 unspecified atom stereocenters. The maximum absolute atomic E-state index is 14.0. The molecule has 1 aromatic heterocycles. The van der Waals surface area contributed by atoms with Crippen LogP contribution in [0.4, 0.5) is 4.39 Å². The van der Waals surface area contributed by atoms with Gasteiger partial charge in [0.2, 0.25) is 0 Å². The fourth-order valence-electron chi connectivity index (χ4n) is 4.46. The number of hydrogen-bond acceptors (Lipinski definition) is 2. The van der Waals surface area contributed by atoms with Gasteiger partial charge < -0.3 is 14.8 Å². The number of H-pyrrole nitrogens is 1. The molecule has 0 saturated carbocycles. The molecular weight excluding hydrogens is 365 g/mol. The van der Waals surface area contributed by atoms with Gasteiger partial charge in [0, 0.05) is 23.2 Å². The van der Waals surface area contributed by atoms with Crippen molar-refractivity contribution in [1.29, 1.82) is 0 Å². The van der Waals surface area contributed by atoms with Gasteiger partial charge in [0.1, 0.15) is 11.6 Å². The van der Waals surface area contributed by atoms with Crippen LogP contribution in [0.1, 0.15) is 57.7 Å². The number of halogens is 1. The Hall–Kier alpha value is -2.33. The molecule has 0 radical (unpaired) electrons. The summed E-state index contributed by atoms with van der Waals surface area (Å²) in [7, 11) is 1.60. The highest BCUT2D eigenvalue weighted by atomic mass is 19.1. The van der Waals surface area contributed by atoms with Crippen molar-refractivity contribution in [3.63, 3.8) is 0 Å². The molecule has 3 nitrogen and oxygen atoms in total. The van der Waals surface area contributed by atoms with Crippen LogP contribution in [0.5, 0.6) is 5.75 Å². The summed E-state index contributed by atoms with van der Waals surface area (Å²) in [4.78, 5) is 3.44. The third-order valence-corrected chi connectivity index (χ3v) is 5.76. The lowest BCUT2D eigenvalue weighted by atomic mass is 9.72.